The number of aryl methyl sites for hydroxylation is 1. The summed E-state index contributed by atoms with van der Waals surface area (Å²) in [4.78, 5) is 14.8. The largest absolute Gasteiger partial charge is 0.508 e. The number of hydrogen-bond donors (Lipinski definition) is 2. The summed E-state index contributed by atoms with van der Waals surface area (Å²) in [6, 6.07) is 10.7. The maximum atomic E-state index is 11.9. The van der Waals surface area contributed by atoms with Gasteiger partial charge in [0.2, 0.25) is 0 Å². The van der Waals surface area contributed by atoms with E-state index in [2.05, 4.69) is 4.98 Å². The number of fused-ring (bicyclic) bond motifs is 3. The van der Waals surface area contributed by atoms with E-state index in [1.165, 1.54) is 0 Å². The first-order chi connectivity index (χ1) is 8.16. The van der Waals surface area contributed by atoms with Crippen LogP contribution in [0.1, 0.15) is 5.56 Å². The Balaban J connectivity index is 0.00000120. The van der Waals surface area contributed by atoms with Gasteiger partial charge in [-0.15, -0.1) is 12.4 Å². The van der Waals surface area contributed by atoms with E-state index in [4.69, 9.17) is 0 Å². The minimum atomic E-state index is -0.0955. The van der Waals surface area contributed by atoms with Gasteiger partial charge in [0, 0.05) is 10.8 Å². The van der Waals surface area contributed by atoms with Gasteiger partial charge in [-0.25, -0.2) is 0 Å². The summed E-state index contributed by atoms with van der Waals surface area (Å²) in [5.41, 5.74) is 1.55. The molecule has 1 aromatic heterocycles. The second-order valence-electron chi connectivity index (χ2n) is 4.18. The minimum absolute atomic E-state index is 0. The number of benzene rings is 2. The lowest BCUT2D eigenvalue weighted by Crippen LogP contribution is -2.06. The van der Waals surface area contributed by atoms with Gasteiger partial charge >= 0.3 is 0 Å². The van der Waals surface area contributed by atoms with Crippen LogP contribution >= 0.6 is 12.4 Å². The Morgan fingerprint density at radius 3 is 2.44 bits per heavy atom. The molecule has 18 heavy (non-hydrogen) atoms. The standard InChI is InChI=1S/C14H11NO2.ClH/c1-8-6-9(16)7-12-10-4-2-3-5-11(10)14(17)15-13(8)12;/h2-7,16H,1H3,(H,15,17);1H. The van der Waals surface area contributed by atoms with Crippen LogP contribution < -0.4 is 5.56 Å². The first-order valence-corrected chi connectivity index (χ1v) is 5.41. The highest BCUT2D eigenvalue weighted by atomic mass is 35.5. The molecule has 92 valence electrons. The Hall–Kier alpha value is -2.00. The second kappa shape index (κ2) is 4.35. The van der Waals surface area contributed by atoms with Gasteiger partial charge < -0.3 is 10.1 Å². The van der Waals surface area contributed by atoms with Crippen LogP contribution in [-0.2, 0) is 0 Å². The zero-order valence-corrected chi connectivity index (χ0v) is 10.5. The van der Waals surface area contributed by atoms with Gasteiger partial charge in [-0.3, -0.25) is 4.79 Å². The molecular formula is C14H12ClNO2. The van der Waals surface area contributed by atoms with Crippen molar-refractivity contribution in [1.29, 1.82) is 0 Å². The quantitative estimate of drug-likeness (QED) is 0.611. The van der Waals surface area contributed by atoms with Crippen molar-refractivity contribution in [2.75, 3.05) is 0 Å². The monoisotopic (exact) mass is 261 g/mol. The first-order valence-electron chi connectivity index (χ1n) is 5.41. The fourth-order valence-electron chi connectivity index (χ4n) is 2.24. The summed E-state index contributed by atoms with van der Waals surface area (Å²) in [6.45, 7) is 1.87. The van der Waals surface area contributed by atoms with Gasteiger partial charge in [0.05, 0.1) is 5.52 Å². The summed E-state index contributed by atoms with van der Waals surface area (Å²) < 4.78 is 0. The van der Waals surface area contributed by atoms with E-state index >= 15 is 0 Å². The van der Waals surface area contributed by atoms with E-state index in [0.29, 0.717) is 5.39 Å². The average molecular weight is 262 g/mol. The van der Waals surface area contributed by atoms with E-state index in [1.807, 2.05) is 25.1 Å². The topological polar surface area (TPSA) is 53.1 Å². The Morgan fingerprint density at radius 1 is 1.06 bits per heavy atom. The molecular weight excluding hydrogens is 250 g/mol. The van der Waals surface area contributed by atoms with Gasteiger partial charge in [-0.05, 0) is 36.1 Å². The Bertz CT molecular complexity index is 793. The van der Waals surface area contributed by atoms with Crippen LogP contribution in [0.2, 0.25) is 0 Å². The molecule has 3 aromatic rings. The molecule has 0 bridgehead atoms. The van der Waals surface area contributed by atoms with Crippen molar-refractivity contribution in [1.82, 2.24) is 4.98 Å². The summed E-state index contributed by atoms with van der Waals surface area (Å²) in [6.07, 6.45) is 0. The Labute approximate surface area is 109 Å². The third-order valence-electron chi connectivity index (χ3n) is 3.02. The highest BCUT2D eigenvalue weighted by Crippen LogP contribution is 2.27. The van der Waals surface area contributed by atoms with Gasteiger partial charge in [0.25, 0.3) is 5.56 Å². The molecule has 0 unspecified atom stereocenters. The summed E-state index contributed by atoms with van der Waals surface area (Å²) in [5, 5.41) is 12.0. The fourth-order valence-corrected chi connectivity index (χ4v) is 2.24. The number of aromatic amines is 1. The molecule has 3 rings (SSSR count). The van der Waals surface area contributed by atoms with E-state index in [0.717, 1.165) is 21.9 Å². The number of phenols is 1. The molecule has 0 spiro atoms. The molecule has 2 N–H and O–H groups in total. The van der Waals surface area contributed by atoms with E-state index in [9.17, 15) is 9.90 Å². The van der Waals surface area contributed by atoms with Crippen molar-refractivity contribution in [2.24, 2.45) is 0 Å². The van der Waals surface area contributed by atoms with Crippen LogP contribution in [-0.4, -0.2) is 10.1 Å². The van der Waals surface area contributed by atoms with Crippen LogP contribution in [0, 0.1) is 6.92 Å². The lowest BCUT2D eigenvalue weighted by Gasteiger charge is -2.06. The van der Waals surface area contributed by atoms with Crippen LogP contribution in [0.4, 0.5) is 0 Å². The smallest absolute Gasteiger partial charge is 0.256 e. The molecule has 0 aliphatic rings. The molecule has 1 heterocycles. The molecule has 3 nitrogen and oxygen atoms in total. The van der Waals surface area contributed by atoms with Crippen molar-refractivity contribution in [3.8, 4) is 5.75 Å². The van der Waals surface area contributed by atoms with E-state index in [1.54, 1.807) is 18.2 Å². The summed E-state index contributed by atoms with van der Waals surface area (Å²) in [7, 11) is 0. The molecule has 0 saturated heterocycles. The van der Waals surface area contributed by atoms with Crippen LogP contribution in [0.5, 0.6) is 5.75 Å². The zero-order chi connectivity index (χ0) is 12.0. The van der Waals surface area contributed by atoms with Crippen LogP contribution in [0.15, 0.2) is 41.2 Å². The normalized spacial score (nSPS) is 10.5. The second-order valence-corrected chi connectivity index (χ2v) is 4.18. The number of phenolic OH excluding ortho intramolecular Hbond substituents is 1. The molecule has 0 saturated carbocycles. The van der Waals surface area contributed by atoms with E-state index in [-0.39, 0.29) is 23.7 Å². The number of halogens is 1. The molecule has 0 radical (unpaired) electrons. The lowest BCUT2D eigenvalue weighted by atomic mass is 10.0. The summed E-state index contributed by atoms with van der Waals surface area (Å²) in [5.74, 6) is 0.215. The van der Waals surface area contributed by atoms with Gasteiger partial charge in [0.1, 0.15) is 5.75 Å². The molecule has 0 aliphatic carbocycles. The SMILES string of the molecule is Cc1cc(O)cc2c1[nH]c(=O)c1ccccc12.Cl. The van der Waals surface area contributed by atoms with Gasteiger partial charge in [0.15, 0.2) is 0 Å². The van der Waals surface area contributed by atoms with Crippen molar-refractivity contribution in [3.63, 3.8) is 0 Å². The maximum absolute atomic E-state index is 11.9. The fraction of sp³-hybridized carbons (Fsp3) is 0.0714. The number of aromatic nitrogens is 1. The van der Waals surface area contributed by atoms with Gasteiger partial charge in [-0.2, -0.15) is 0 Å². The molecule has 0 fully saturated rings. The minimum Gasteiger partial charge on any atom is -0.508 e. The Morgan fingerprint density at radius 2 is 1.72 bits per heavy atom. The maximum Gasteiger partial charge on any atom is 0.256 e. The van der Waals surface area contributed by atoms with Gasteiger partial charge in [-0.1, -0.05) is 18.2 Å². The predicted octanol–water partition coefficient (Wildman–Crippen LogP) is 3.12. The summed E-state index contributed by atoms with van der Waals surface area (Å²) >= 11 is 0. The number of H-pyrrole nitrogens is 1. The molecule has 2 aromatic carbocycles. The number of aromatic hydroxyl groups is 1. The van der Waals surface area contributed by atoms with E-state index < -0.39 is 0 Å². The lowest BCUT2D eigenvalue weighted by molar-refractivity contribution is 0.476. The van der Waals surface area contributed by atoms with Crippen molar-refractivity contribution < 1.29 is 5.11 Å². The molecule has 0 atom stereocenters. The van der Waals surface area contributed by atoms with Crippen molar-refractivity contribution in [3.05, 3.63) is 52.3 Å². The van der Waals surface area contributed by atoms with Crippen molar-refractivity contribution >= 4 is 34.1 Å². The number of pyridine rings is 1. The molecule has 4 heteroatoms. The number of nitrogens with one attached hydrogen (secondary N) is 1. The zero-order valence-electron chi connectivity index (χ0n) is 9.73. The molecule has 0 aliphatic heterocycles. The van der Waals surface area contributed by atoms with Crippen molar-refractivity contribution in [2.45, 2.75) is 6.92 Å². The average Bonchev–Trinajstić information content (AvgIpc) is 2.31. The van der Waals surface area contributed by atoms with Crippen LogP contribution in [0.3, 0.4) is 0 Å². The highest BCUT2D eigenvalue weighted by molar-refractivity contribution is 6.06. The molecule has 0 amide bonds. The van der Waals surface area contributed by atoms with Crippen LogP contribution in [0.25, 0.3) is 21.7 Å². The third kappa shape index (κ3) is 1.73. The Kier molecular flexibility index (Phi) is 3.01. The predicted molar refractivity (Wildman–Crippen MR) is 75.7 cm³/mol. The first kappa shape index (κ1) is 12.5. The third-order valence-corrected chi connectivity index (χ3v) is 3.02. The highest BCUT2D eigenvalue weighted by Gasteiger charge is 2.07. The number of rotatable bonds is 0. The number of hydrogen-bond acceptors (Lipinski definition) is 2.